The summed E-state index contributed by atoms with van der Waals surface area (Å²) in [4.78, 5) is 17.0. The van der Waals surface area contributed by atoms with Crippen LogP contribution in [0.1, 0.15) is 29.6 Å². The van der Waals surface area contributed by atoms with Crippen molar-refractivity contribution in [3.8, 4) is 22.8 Å². The van der Waals surface area contributed by atoms with Gasteiger partial charge in [-0.25, -0.2) is 9.78 Å². The fourth-order valence-corrected chi connectivity index (χ4v) is 3.17. The second kappa shape index (κ2) is 8.18. The first-order valence-corrected chi connectivity index (χ1v) is 9.20. The van der Waals surface area contributed by atoms with Gasteiger partial charge in [0.2, 0.25) is 5.89 Å². The highest BCUT2D eigenvalue weighted by molar-refractivity contribution is 5.96. The van der Waals surface area contributed by atoms with Gasteiger partial charge >= 0.3 is 5.97 Å². The topological polar surface area (TPSA) is 61.6 Å². The Balaban J connectivity index is 1.52. The summed E-state index contributed by atoms with van der Waals surface area (Å²) in [6.45, 7) is 1.01. The number of esters is 1. The fourth-order valence-electron chi connectivity index (χ4n) is 3.17. The largest absolute Gasteiger partial charge is 0.459 e. The minimum atomic E-state index is -0.390. The first kappa shape index (κ1) is 17.5. The van der Waals surface area contributed by atoms with Crippen molar-refractivity contribution in [2.45, 2.75) is 25.4 Å². The molecule has 1 aliphatic rings. The Hall–Kier alpha value is -2.92. The summed E-state index contributed by atoms with van der Waals surface area (Å²) in [5, 5.41) is 0. The Kier molecular flexibility index (Phi) is 5.30. The Morgan fingerprint density at radius 2 is 1.89 bits per heavy atom. The van der Waals surface area contributed by atoms with Crippen LogP contribution in [-0.2, 0) is 9.47 Å². The molecule has 2 heterocycles. The summed E-state index contributed by atoms with van der Waals surface area (Å²) in [7, 11) is 0. The number of hydrogen-bond acceptors (Lipinski definition) is 5. The third kappa shape index (κ3) is 4.09. The first-order valence-electron chi connectivity index (χ1n) is 9.20. The van der Waals surface area contributed by atoms with Crippen molar-refractivity contribution < 1.29 is 18.7 Å². The predicted octanol–water partition coefficient (Wildman–Crippen LogP) is 4.73. The van der Waals surface area contributed by atoms with E-state index >= 15 is 0 Å². The van der Waals surface area contributed by atoms with E-state index < -0.39 is 0 Å². The van der Waals surface area contributed by atoms with Crippen LogP contribution in [-0.4, -0.2) is 30.3 Å². The van der Waals surface area contributed by atoms with E-state index in [1.807, 2.05) is 42.5 Å². The standard InChI is InChI=1S/C22H21NO4/c24-22(26-15-17-10-6-7-13-25-17)19-12-5-4-11-18(19)21-23-14-20(27-21)16-8-2-1-3-9-16/h1-5,8-9,11-12,14,17H,6-7,10,13,15H2. The zero-order valence-electron chi connectivity index (χ0n) is 15.0. The van der Waals surface area contributed by atoms with Crippen molar-refractivity contribution in [2.75, 3.05) is 13.2 Å². The Morgan fingerprint density at radius 3 is 2.70 bits per heavy atom. The maximum atomic E-state index is 12.6. The van der Waals surface area contributed by atoms with Crippen LogP contribution in [0, 0.1) is 0 Å². The number of hydrogen-bond donors (Lipinski definition) is 0. The molecular formula is C22H21NO4. The maximum Gasteiger partial charge on any atom is 0.339 e. The summed E-state index contributed by atoms with van der Waals surface area (Å²) in [5.41, 5.74) is 2.00. The molecule has 0 radical (unpaired) electrons. The molecule has 1 fully saturated rings. The van der Waals surface area contributed by atoms with Crippen molar-refractivity contribution in [3.63, 3.8) is 0 Å². The smallest absolute Gasteiger partial charge is 0.339 e. The SMILES string of the molecule is O=C(OCC1CCCCO1)c1ccccc1-c1ncc(-c2ccccc2)o1. The highest BCUT2D eigenvalue weighted by Gasteiger charge is 2.20. The predicted molar refractivity (Wildman–Crippen MR) is 101 cm³/mol. The summed E-state index contributed by atoms with van der Waals surface area (Å²) < 4.78 is 17.0. The van der Waals surface area contributed by atoms with Crippen LogP contribution < -0.4 is 0 Å². The molecular weight excluding hydrogens is 342 g/mol. The lowest BCUT2D eigenvalue weighted by Crippen LogP contribution is -2.26. The molecule has 2 aromatic carbocycles. The minimum Gasteiger partial charge on any atom is -0.459 e. The number of carbonyl (C=O) groups excluding carboxylic acids is 1. The molecule has 1 saturated heterocycles. The second-order valence-electron chi connectivity index (χ2n) is 6.53. The average Bonchev–Trinajstić information content (AvgIpc) is 3.23. The molecule has 5 heteroatoms. The second-order valence-corrected chi connectivity index (χ2v) is 6.53. The number of carbonyl (C=O) groups is 1. The molecule has 0 N–H and O–H groups in total. The summed E-state index contributed by atoms with van der Waals surface area (Å²) >= 11 is 0. The highest BCUT2D eigenvalue weighted by atomic mass is 16.6. The molecule has 0 amide bonds. The Bertz CT molecular complexity index is 897. The van der Waals surface area contributed by atoms with Crippen LogP contribution in [0.3, 0.4) is 0 Å². The molecule has 1 aromatic heterocycles. The maximum absolute atomic E-state index is 12.6. The molecule has 0 saturated carbocycles. The molecule has 138 valence electrons. The number of benzene rings is 2. The van der Waals surface area contributed by atoms with E-state index in [0.717, 1.165) is 31.4 Å². The van der Waals surface area contributed by atoms with Gasteiger partial charge in [0.05, 0.1) is 23.4 Å². The van der Waals surface area contributed by atoms with Gasteiger partial charge in [-0.2, -0.15) is 0 Å². The van der Waals surface area contributed by atoms with Gasteiger partial charge in [0.1, 0.15) is 6.61 Å². The van der Waals surface area contributed by atoms with E-state index in [2.05, 4.69) is 4.98 Å². The number of ether oxygens (including phenoxy) is 2. The minimum absolute atomic E-state index is 0.0127. The number of rotatable bonds is 5. The van der Waals surface area contributed by atoms with Crippen LogP contribution in [0.4, 0.5) is 0 Å². The third-order valence-corrected chi connectivity index (χ3v) is 4.62. The van der Waals surface area contributed by atoms with E-state index in [9.17, 15) is 4.79 Å². The van der Waals surface area contributed by atoms with Crippen LogP contribution >= 0.6 is 0 Å². The van der Waals surface area contributed by atoms with Crippen molar-refractivity contribution in [3.05, 3.63) is 66.4 Å². The molecule has 1 aliphatic heterocycles. The van der Waals surface area contributed by atoms with Gasteiger partial charge in [-0.3, -0.25) is 0 Å². The van der Waals surface area contributed by atoms with E-state index in [1.165, 1.54) is 0 Å². The fraction of sp³-hybridized carbons (Fsp3) is 0.273. The molecule has 0 bridgehead atoms. The summed E-state index contributed by atoms with van der Waals surface area (Å²) in [6, 6.07) is 16.9. The van der Waals surface area contributed by atoms with Crippen LogP contribution in [0.2, 0.25) is 0 Å². The van der Waals surface area contributed by atoms with Crippen molar-refractivity contribution in [1.29, 1.82) is 0 Å². The lowest BCUT2D eigenvalue weighted by molar-refractivity contribution is -0.0300. The van der Waals surface area contributed by atoms with Crippen LogP contribution in [0.15, 0.2) is 65.2 Å². The zero-order chi connectivity index (χ0) is 18.5. The lowest BCUT2D eigenvalue weighted by Gasteiger charge is -2.22. The van der Waals surface area contributed by atoms with Gasteiger partial charge in [0.25, 0.3) is 0 Å². The van der Waals surface area contributed by atoms with Crippen LogP contribution in [0.5, 0.6) is 0 Å². The molecule has 0 spiro atoms. The Morgan fingerprint density at radius 1 is 1.07 bits per heavy atom. The van der Waals surface area contributed by atoms with Crippen molar-refractivity contribution in [1.82, 2.24) is 4.98 Å². The lowest BCUT2D eigenvalue weighted by atomic mass is 10.1. The Labute approximate surface area is 157 Å². The number of nitrogens with zero attached hydrogens (tertiary/aromatic N) is 1. The van der Waals surface area contributed by atoms with Gasteiger partial charge in [-0.05, 0) is 31.4 Å². The van der Waals surface area contributed by atoms with Gasteiger partial charge in [-0.1, -0.05) is 42.5 Å². The first-order chi connectivity index (χ1) is 13.3. The number of oxazole rings is 1. The summed E-state index contributed by atoms with van der Waals surface area (Å²) in [6.07, 6.45) is 4.76. The van der Waals surface area contributed by atoms with Crippen molar-refractivity contribution >= 4 is 5.97 Å². The van der Waals surface area contributed by atoms with Crippen LogP contribution in [0.25, 0.3) is 22.8 Å². The average molecular weight is 363 g/mol. The molecule has 0 aliphatic carbocycles. The van der Waals surface area contributed by atoms with E-state index in [-0.39, 0.29) is 18.7 Å². The van der Waals surface area contributed by atoms with E-state index in [1.54, 1.807) is 18.3 Å². The van der Waals surface area contributed by atoms with Crippen molar-refractivity contribution in [2.24, 2.45) is 0 Å². The molecule has 5 nitrogen and oxygen atoms in total. The third-order valence-electron chi connectivity index (χ3n) is 4.62. The van der Waals surface area contributed by atoms with Gasteiger partial charge < -0.3 is 13.9 Å². The molecule has 27 heavy (non-hydrogen) atoms. The van der Waals surface area contributed by atoms with Gasteiger partial charge in [0.15, 0.2) is 5.76 Å². The monoisotopic (exact) mass is 363 g/mol. The van der Waals surface area contributed by atoms with Gasteiger partial charge in [0, 0.05) is 12.2 Å². The normalized spacial score (nSPS) is 16.8. The zero-order valence-corrected chi connectivity index (χ0v) is 15.0. The van der Waals surface area contributed by atoms with E-state index in [0.29, 0.717) is 22.8 Å². The molecule has 3 aromatic rings. The molecule has 4 rings (SSSR count). The number of aromatic nitrogens is 1. The summed E-state index contributed by atoms with van der Waals surface area (Å²) in [5.74, 6) is 0.666. The highest BCUT2D eigenvalue weighted by Crippen LogP contribution is 2.28. The van der Waals surface area contributed by atoms with Gasteiger partial charge in [-0.15, -0.1) is 0 Å². The van der Waals surface area contributed by atoms with E-state index in [4.69, 9.17) is 13.9 Å². The quantitative estimate of drug-likeness (QED) is 0.613. The molecule has 1 atom stereocenters. The molecule has 1 unspecified atom stereocenters.